The van der Waals surface area contributed by atoms with E-state index in [0.29, 0.717) is 5.82 Å². The summed E-state index contributed by atoms with van der Waals surface area (Å²) in [6.45, 7) is 3.07. The summed E-state index contributed by atoms with van der Waals surface area (Å²) in [4.78, 5) is 14.1. The fourth-order valence-electron chi connectivity index (χ4n) is 3.14. The number of aryl methyl sites for hydroxylation is 2. The van der Waals surface area contributed by atoms with Crippen LogP contribution >= 0.6 is 0 Å². The van der Waals surface area contributed by atoms with Gasteiger partial charge in [-0.1, -0.05) is 36.7 Å². The third-order valence-corrected chi connectivity index (χ3v) is 4.34. The highest BCUT2D eigenvalue weighted by Gasteiger charge is 2.16. The largest absolute Gasteiger partial charge is 0.399 e. The molecule has 0 aliphatic carbocycles. The standard InChI is InChI=1S/C19H25N5O/c1-3-4-11-16-23-17-18(24(16)13-8-7-12-21-25-2)14-9-5-6-10-15(14)22-19(17)20/h5-6,9-10,12H,3-4,7-8,11,13H2,1-2H3,(H2,20,22)/b21-12-. The van der Waals surface area contributed by atoms with Gasteiger partial charge in [-0.15, -0.1) is 0 Å². The Morgan fingerprint density at radius 1 is 1.24 bits per heavy atom. The summed E-state index contributed by atoms with van der Waals surface area (Å²) in [5.41, 5.74) is 9.03. The average Bonchev–Trinajstić information content (AvgIpc) is 2.99. The maximum Gasteiger partial charge on any atom is 0.152 e. The van der Waals surface area contributed by atoms with Gasteiger partial charge >= 0.3 is 0 Å². The molecule has 25 heavy (non-hydrogen) atoms. The van der Waals surface area contributed by atoms with Crippen LogP contribution in [-0.4, -0.2) is 27.9 Å². The Balaban J connectivity index is 2.07. The van der Waals surface area contributed by atoms with E-state index in [4.69, 9.17) is 15.6 Å². The van der Waals surface area contributed by atoms with Gasteiger partial charge in [0.25, 0.3) is 0 Å². The van der Waals surface area contributed by atoms with Crippen LogP contribution in [0.1, 0.15) is 38.4 Å². The van der Waals surface area contributed by atoms with Crippen LogP contribution in [-0.2, 0) is 17.8 Å². The molecule has 6 nitrogen and oxygen atoms in total. The van der Waals surface area contributed by atoms with Gasteiger partial charge in [0.05, 0.1) is 11.0 Å². The molecule has 0 bridgehead atoms. The number of pyridine rings is 1. The van der Waals surface area contributed by atoms with Crippen LogP contribution in [0, 0.1) is 0 Å². The maximum atomic E-state index is 6.20. The number of hydrogen-bond donors (Lipinski definition) is 1. The first kappa shape index (κ1) is 17.2. The summed E-state index contributed by atoms with van der Waals surface area (Å²) in [5, 5.41) is 4.91. The van der Waals surface area contributed by atoms with Crippen LogP contribution in [0.3, 0.4) is 0 Å². The lowest BCUT2D eigenvalue weighted by Gasteiger charge is -2.10. The predicted molar refractivity (Wildman–Crippen MR) is 103 cm³/mol. The van der Waals surface area contributed by atoms with E-state index in [0.717, 1.165) is 66.4 Å². The molecule has 2 heterocycles. The molecule has 0 aliphatic rings. The number of para-hydroxylation sites is 1. The molecule has 3 aromatic rings. The van der Waals surface area contributed by atoms with E-state index in [1.807, 2.05) is 18.2 Å². The summed E-state index contributed by atoms with van der Waals surface area (Å²) >= 11 is 0. The van der Waals surface area contributed by atoms with E-state index in [1.54, 1.807) is 13.3 Å². The second-order valence-electron chi connectivity index (χ2n) is 6.11. The first-order valence-corrected chi connectivity index (χ1v) is 8.84. The molecule has 0 fully saturated rings. The SMILES string of the molecule is CCCCc1nc2c(N)nc3ccccc3c2n1CCC/C=N\OC. The van der Waals surface area contributed by atoms with Crippen LogP contribution in [0.2, 0.25) is 0 Å². The van der Waals surface area contributed by atoms with Crippen LogP contribution < -0.4 is 5.73 Å². The third-order valence-electron chi connectivity index (χ3n) is 4.34. The van der Waals surface area contributed by atoms with E-state index in [-0.39, 0.29) is 0 Å². The van der Waals surface area contributed by atoms with Crippen LogP contribution in [0.25, 0.3) is 21.9 Å². The number of nitrogen functional groups attached to an aromatic ring is 1. The van der Waals surface area contributed by atoms with Crippen molar-refractivity contribution >= 4 is 34.0 Å². The number of imidazole rings is 1. The molecule has 0 saturated carbocycles. The Kier molecular flexibility index (Phi) is 5.48. The summed E-state index contributed by atoms with van der Waals surface area (Å²) in [7, 11) is 1.56. The lowest BCUT2D eigenvalue weighted by Crippen LogP contribution is -2.05. The van der Waals surface area contributed by atoms with Crippen LogP contribution in [0.4, 0.5) is 5.82 Å². The van der Waals surface area contributed by atoms with Crippen LogP contribution in [0.15, 0.2) is 29.4 Å². The van der Waals surface area contributed by atoms with Gasteiger partial charge in [-0.2, -0.15) is 0 Å². The van der Waals surface area contributed by atoms with Crippen molar-refractivity contribution in [1.82, 2.24) is 14.5 Å². The van der Waals surface area contributed by atoms with Crippen molar-refractivity contribution < 1.29 is 4.84 Å². The molecule has 0 unspecified atom stereocenters. The molecule has 1 aromatic carbocycles. The Morgan fingerprint density at radius 3 is 2.88 bits per heavy atom. The Hall–Kier alpha value is -2.63. The van der Waals surface area contributed by atoms with Crippen molar-refractivity contribution in [1.29, 1.82) is 0 Å². The minimum atomic E-state index is 0.506. The van der Waals surface area contributed by atoms with Gasteiger partial charge in [0, 0.05) is 24.6 Å². The Bertz CT molecular complexity index is 884. The molecule has 2 aromatic heterocycles. The number of aromatic nitrogens is 3. The number of hydrogen-bond acceptors (Lipinski definition) is 5. The summed E-state index contributed by atoms with van der Waals surface area (Å²) in [6.07, 6.45) is 6.83. The fraction of sp³-hybridized carbons (Fsp3) is 0.421. The van der Waals surface area contributed by atoms with Crippen LogP contribution in [0.5, 0.6) is 0 Å². The number of anilines is 1. The van der Waals surface area contributed by atoms with Crippen molar-refractivity contribution in [2.24, 2.45) is 5.16 Å². The molecule has 0 aliphatic heterocycles. The number of nitrogens with zero attached hydrogens (tertiary/aromatic N) is 4. The monoisotopic (exact) mass is 339 g/mol. The van der Waals surface area contributed by atoms with E-state index in [9.17, 15) is 0 Å². The van der Waals surface area contributed by atoms with Gasteiger partial charge in [-0.05, 0) is 25.3 Å². The second-order valence-corrected chi connectivity index (χ2v) is 6.11. The summed E-state index contributed by atoms with van der Waals surface area (Å²) in [6, 6.07) is 8.12. The third kappa shape index (κ3) is 3.57. The lowest BCUT2D eigenvalue weighted by atomic mass is 10.2. The molecule has 3 rings (SSSR count). The molecule has 132 valence electrons. The number of unbranched alkanes of at least 4 members (excludes halogenated alkanes) is 2. The molecule has 0 radical (unpaired) electrons. The predicted octanol–water partition coefficient (Wildman–Crippen LogP) is 3.92. The minimum absolute atomic E-state index is 0.506. The van der Waals surface area contributed by atoms with E-state index < -0.39 is 0 Å². The quantitative estimate of drug-likeness (QED) is 0.383. The molecule has 0 atom stereocenters. The lowest BCUT2D eigenvalue weighted by molar-refractivity contribution is 0.214. The molecule has 6 heteroatoms. The number of rotatable bonds is 8. The highest BCUT2D eigenvalue weighted by atomic mass is 16.6. The zero-order chi connectivity index (χ0) is 17.6. The Morgan fingerprint density at radius 2 is 2.08 bits per heavy atom. The van der Waals surface area contributed by atoms with Gasteiger partial charge < -0.3 is 15.1 Å². The van der Waals surface area contributed by atoms with Crippen molar-refractivity contribution in [3.8, 4) is 0 Å². The topological polar surface area (TPSA) is 78.3 Å². The molecular formula is C19H25N5O. The second kappa shape index (κ2) is 7.96. The highest BCUT2D eigenvalue weighted by Crippen LogP contribution is 2.29. The summed E-state index contributed by atoms with van der Waals surface area (Å²) < 4.78 is 2.31. The van der Waals surface area contributed by atoms with E-state index in [2.05, 4.69) is 27.7 Å². The number of oxime groups is 1. The van der Waals surface area contributed by atoms with Gasteiger partial charge in [0.2, 0.25) is 0 Å². The van der Waals surface area contributed by atoms with Gasteiger partial charge in [0.15, 0.2) is 5.82 Å². The molecule has 0 spiro atoms. The molecule has 0 amide bonds. The Labute approximate surface area is 147 Å². The first-order valence-electron chi connectivity index (χ1n) is 8.84. The number of benzene rings is 1. The average molecular weight is 339 g/mol. The van der Waals surface area contributed by atoms with E-state index >= 15 is 0 Å². The highest BCUT2D eigenvalue weighted by molar-refractivity contribution is 6.06. The zero-order valence-electron chi connectivity index (χ0n) is 14.9. The molecular weight excluding hydrogens is 314 g/mol. The van der Waals surface area contributed by atoms with Gasteiger partial charge in [0.1, 0.15) is 18.5 Å². The van der Waals surface area contributed by atoms with Gasteiger partial charge in [-0.25, -0.2) is 9.97 Å². The molecule has 0 saturated heterocycles. The summed E-state index contributed by atoms with van der Waals surface area (Å²) in [5.74, 6) is 1.59. The van der Waals surface area contributed by atoms with Gasteiger partial charge in [-0.3, -0.25) is 0 Å². The van der Waals surface area contributed by atoms with Crippen molar-refractivity contribution in [3.05, 3.63) is 30.1 Å². The number of nitrogens with two attached hydrogens (primary N) is 1. The van der Waals surface area contributed by atoms with E-state index in [1.165, 1.54) is 0 Å². The minimum Gasteiger partial charge on any atom is -0.399 e. The zero-order valence-corrected chi connectivity index (χ0v) is 14.9. The first-order chi connectivity index (χ1) is 12.3. The van der Waals surface area contributed by atoms with Crippen molar-refractivity contribution in [2.75, 3.05) is 12.8 Å². The number of fused-ring (bicyclic) bond motifs is 3. The maximum absolute atomic E-state index is 6.20. The smallest absolute Gasteiger partial charge is 0.152 e. The van der Waals surface area contributed by atoms with Crippen molar-refractivity contribution in [3.63, 3.8) is 0 Å². The normalized spacial score (nSPS) is 11.8. The fourth-order valence-corrected chi connectivity index (χ4v) is 3.14. The van der Waals surface area contributed by atoms with Crippen molar-refractivity contribution in [2.45, 2.75) is 45.6 Å². The molecule has 2 N–H and O–H groups in total.